The molecule has 0 bridgehead atoms. The second kappa shape index (κ2) is 19.4. The average molecular weight is 855 g/mol. The van der Waals surface area contributed by atoms with Gasteiger partial charge in [-0.1, -0.05) is 0 Å². The Morgan fingerprint density at radius 2 is 1.22 bits per heavy atom. The first kappa shape index (κ1) is 47.1. The van der Waals surface area contributed by atoms with Gasteiger partial charge in [0.1, 0.15) is 12.7 Å². The number of piperidine rings is 2. The van der Waals surface area contributed by atoms with E-state index in [2.05, 4.69) is 25.5 Å². The molecular weight excluding hydrogens is 818 g/mol. The molecular formula is C36H37ClF10N8O3. The summed E-state index contributed by atoms with van der Waals surface area (Å²) in [5, 5.41) is 19.0. The summed E-state index contributed by atoms with van der Waals surface area (Å²) >= 11 is 0. The van der Waals surface area contributed by atoms with E-state index in [9.17, 15) is 53.5 Å². The van der Waals surface area contributed by atoms with Gasteiger partial charge in [0.15, 0.2) is 11.6 Å². The summed E-state index contributed by atoms with van der Waals surface area (Å²) in [5.41, 5.74) is -0.369. The molecule has 2 aliphatic rings. The van der Waals surface area contributed by atoms with Crippen LogP contribution in [0.3, 0.4) is 0 Å². The third kappa shape index (κ3) is 14.6. The summed E-state index contributed by atoms with van der Waals surface area (Å²) in [6.07, 6.45) is -1.59. The second-order valence-corrected chi connectivity index (χ2v) is 13.1. The fourth-order valence-electron chi connectivity index (χ4n) is 5.48. The van der Waals surface area contributed by atoms with Crippen molar-refractivity contribution in [2.45, 2.75) is 63.7 Å². The number of carboxylic acid groups (broad SMARTS) is 1. The number of carboxylic acids is 1. The smallest absolute Gasteiger partial charge is 0.416 e. The van der Waals surface area contributed by atoms with Gasteiger partial charge in [-0.15, -0.1) is 22.6 Å². The minimum Gasteiger partial charge on any atom is -0.478 e. The third-order valence-electron chi connectivity index (χ3n) is 8.07. The normalized spacial score (nSPS) is 16.5. The molecule has 1 amide bonds. The van der Waals surface area contributed by atoms with E-state index in [1.54, 1.807) is 6.92 Å². The summed E-state index contributed by atoms with van der Waals surface area (Å²) in [6, 6.07) is 6.98. The Hall–Kier alpha value is -5.31. The molecule has 316 valence electrons. The van der Waals surface area contributed by atoms with Crippen LogP contribution in [0.4, 0.5) is 43.9 Å². The maximum atomic E-state index is 13.4. The van der Waals surface area contributed by atoms with Gasteiger partial charge in [-0.05, 0) is 80.8 Å². The number of carbonyl (C=O) groups excluding carboxylic acids is 1. The first-order chi connectivity index (χ1) is 26.5. The van der Waals surface area contributed by atoms with Gasteiger partial charge in [0.05, 0.1) is 24.2 Å². The van der Waals surface area contributed by atoms with E-state index < -0.39 is 53.7 Å². The number of nitrogens with zero attached hydrogens (tertiary/aromatic N) is 7. The molecule has 2 fully saturated rings. The number of nitrogens with one attached hydrogen (secondary N) is 1. The first-order valence-corrected chi connectivity index (χ1v) is 17.1. The predicted octanol–water partition coefficient (Wildman–Crippen LogP) is 8.26. The van der Waals surface area contributed by atoms with Crippen LogP contribution in [0.5, 0.6) is 0 Å². The summed E-state index contributed by atoms with van der Waals surface area (Å²) < 4.78 is 130. The van der Waals surface area contributed by atoms with E-state index in [1.165, 1.54) is 37.9 Å². The van der Waals surface area contributed by atoms with Crippen molar-refractivity contribution in [3.05, 3.63) is 83.5 Å². The van der Waals surface area contributed by atoms with Gasteiger partial charge in [0.2, 0.25) is 5.91 Å². The summed E-state index contributed by atoms with van der Waals surface area (Å²) in [6.45, 7) is 3.29. The molecule has 0 spiro atoms. The van der Waals surface area contributed by atoms with Gasteiger partial charge in [-0.3, -0.25) is 4.79 Å². The molecule has 4 aromatic rings. The van der Waals surface area contributed by atoms with E-state index in [-0.39, 0.29) is 67.5 Å². The monoisotopic (exact) mass is 854 g/mol. The number of aliphatic carboxylic acids is 1. The van der Waals surface area contributed by atoms with E-state index in [1.807, 2.05) is 0 Å². The summed E-state index contributed by atoms with van der Waals surface area (Å²) in [5.74, 6) is -6.95. The molecule has 0 radical (unpaired) electrons. The van der Waals surface area contributed by atoms with Crippen molar-refractivity contribution < 1.29 is 58.6 Å². The van der Waals surface area contributed by atoms with Crippen molar-refractivity contribution in [2.75, 3.05) is 26.2 Å². The standard InChI is InChI=1S/C18H17F5N4O.C13H10F3N3O2.C5H9F2N.ClH/c1-12-7-13(9-14(8-12)18(21,22)23)16-24-11-27(25-16)6-3-15(28)26-5-2-4-17(19,20)10-26;1-8-4-9(6-10(5-8)13(14,15)16)12-17-7-19(18-12)3-2-11(20)21;6-5(7)2-1-3-8-4-5;/h3,6-9,11H,2,4-5,10H2,1H3;2-7H,1H3,(H,20,21);8H,1-4H2;1H/b6-3-;3-2-;;. The van der Waals surface area contributed by atoms with Crippen LogP contribution in [0.15, 0.2) is 61.2 Å². The Kier molecular flexibility index (Phi) is 15.8. The van der Waals surface area contributed by atoms with Gasteiger partial charge in [0, 0.05) is 55.1 Å². The van der Waals surface area contributed by atoms with Crippen LogP contribution in [0.1, 0.15) is 47.9 Å². The highest BCUT2D eigenvalue weighted by molar-refractivity contribution is 5.90. The zero-order valence-electron chi connectivity index (χ0n) is 30.7. The Bertz CT molecular complexity index is 2070. The Morgan fingerprint density at radius 3 is 1.62 bits per heavy atom. The molecule has 0 atom stereocenters. The molecule has 6 rings (SSSR count). The van der Waals surface area contributed by atoms with Crippen LogP contribution in [0, 0.1) is 13.8 Å². The number of alkyl halides is 10. The lowest BCUT2D eigenvalue weighted by atomic mass is 10.1. The largest absolute Gasteiger partial charge is 0.478 e. The number of benzene rings is 2. The number of aromatic nitrogens is 6. The highest BCUT2D eigenvalue weighted by Crippen LogP contribution is 2.34. The number of hydrogen-bond donors (Lipinski definition) is 2. The predicted molar refractivity (Wildman–Crippen MR) is 194 cm³/mol. The van der Waals surface area contributed by atoms with Crippen molar-refractivity contribution in [3.8, 4) is 22.8 Å². The van der Waals surface area contributed by atoms with Gasteiger partial charge in [0.25, 0.3) is 11.8 Å². The van der Waals surface area contributed by atoms with Gasteiger partial charge >= 0.3 is 18.3 Å². The number of hydrogen-bond acceptors (Lipinski definition) is 7. The van der Waals surface area contributed by atoms with E-state index >= 15 is 0 Å². The zero-order valence-corrected chi connectivity index (χ0v) is 31.5. The third-order valence-corrected chi connectivity index (χ3v) is 8.07. The van der Waals surface area contributed by atoms with Crippen molar-refractivity contribution in [1.82, 2.24) is 39.7 Å². The molecule has 0 aliphatic carbocycles. The van der Waals surface area contributed by atoms with Gasteiger partial charge in [-0.25, -0.2) is 41.7 Å². The fraction of sp³-hybridized carbons (Fsp3) is 0.389. The molecule has 0 unspecified atom stereocenters. The molecule has 58 heavy (non-hydrogen) atoms. The maximum Gasteiger partial charge on any atom is 0.416 e. The number of halogens is 11. The van der Waals surface area contributed by atoms with Crippen molar-refractivity contribution in [3.63, 3.8) is 0 Å². The molecule has 2 N–H and O–H groups in total. The number of amides is 1. The quantitative estimate of drug-likeness (QED) is 0.147. The molecule has 11 nitrogen and oxygen atoms in total. The lowest BCUT2D eigenvalue weighted by Gasteiger charge is -2.31. The highest BCUT2D eigenvalue weighted by atomic mass is 35.5. The average Bonchev–Trinajstić information content (AvgIpc) is 3.79. The lowest BCUT2D eigenvalue weighted by molar-refractivity contribution is -0.138. The van der Waals surface area contributed by atoms with Crippen LogP contribution in [0.2, 0.25) is 0 Å². The van der Waals surface area contributed by atoms with Crippen LogP contribution < -0.4 is 5.32 Å². The topological polar surface area (TPSA) is 131 Å². The van der Waals surface area contributed by atoms with E-state index in [0.717, 1.165) is 63.4 Å². The van der Waals surface area contributed by atoms with Crippen molar-refractivity contribution in [2.24, 2.45) is 0 Å². The Balaban J connectivity index is 0.000000263. The minimum atomic E-state index is -4.49. The number of likely N-dealkylation sites (tertiary alicyclic amines) is 1. The molecule has 2 aromatic carbocycles. The number of aryl methyl sites for hydroxylation is 2. The van der Waals surface area contributed by atoms with Crippen LogP contribution in [-0.2, 0) is 21.9 Å². The lowest BCUT2D eigenvalue weighted by Crippen LogP contribution is -2.45. The molecule has 2 aliphatic heterocycles. The van der Waals surface area contributed by atoms with Crippen LogP contribution in [-0.4, -0.2) is 89.4 Å². The van der Waals surface area contributed by atoms with Gasteiger partial charge in [-0.2, -0.15) is 26.3 Å². The number of rotatable bonds is 6. The SMILES string of the molecule is Cc1cc(-c2ncn(/C=C\C(=O)N3CCCC(F)(F)C3)n2)cc(C(F)(F)F)c1.Cc1cc(-c2ncn(/C=C\C(=O)O)n2)cc(C(F)(F)F)c1.Cl.FC1(F)CCCNC1. The molecule has 0 saturated carbocycles. The second-order valence-electron chi connectivity index (χ2n) is 13.1. The van der Waals surface area contributed by atoms with Crippen molar-refractivity contribution >= 4 is 36.7 Å². The fourth-order valence-corrected chi connectivity index (χ4v) is 5.48. The molecule has 2 aromatic heterocycles. The number of carbonyl (C=O) groups is 2. The molecule has 22 heteroatoms. The van der Waals surface area contributed by atoms with Crippen LogP contribution in [0.25, 0.3) is 35.2 Å². The van der Waals surface area contributed by atoms with Crippen LogP contribution >= 0.6 is 12.4 Å². The minimum absolute atomic E-state index is 0. The first-order valence-electron chi connectivity index (χ1n) is 17.1. The maximum absolute atomic E-state index is 13.4. The van der Waals surface area contributed by atoms with E-state index in [0.29, 0.717) is 17.5 Å². The van der Waals surface area contributed by atoms with Gasteiger partial charge < -0.3 is 15.3 Å². The highest BCUT2D eigenvalue weighted by Gasteiger charge is 2.37. The summed E-state index contributed by atoms with van der Waals surface area (Å²) in [4.78, 5) is 31.3. The molecule has 2 saturated heterocycles. The van der Waals surface area contributed by atoms with Crippen molar-refractivity contribution in [1.29, 1.82) is 0 Å². The molecule has 4 heterocycles. The Labute approximate surface area is 330 Å². The zero-order chi connectivity index (χ0) is 42.2. The van der Waals surface area contributed by atoms with E-state index in [4.69, 9.17) is 5.11 Å². The Morgan fingerprint density at radius 1 is 0.741 bits per heavy atom. The summed E-state index contributed by atoms with van der Waals surface area (Å²) in [7, 11) is 0.